The second-order valence-corrected chi connectivity index (χ2v) is 7.29. The van der Waals surface area contributed by atoms with Crippen LogP contribution in [0.15, 0.2) is 54.6 Å². The summed E-state index contributed by atoms with van der Waals surface area (Å²) in [6.45, 7) is 4.53. The van der Waals surface area contributed by atoms with Crippen molar-refractivity contribution in [3.63, 3.8) is 0 Å². The summed E-state index contributed by atoms with van der Waals surface area (Å²) in [5.41, 5.74) is 1.16. The summed E-state index contributed by atoms with van der Waals surface area (Å²) < 4.78 is 11.6. The molecule has 4 rings (SSSR count). The molecule has 2 atom stereocenters. The van der Waals surface area contributed by atoms with Crippen LogP contribution in [0, 0.1) is 11.3 Å². The molecular weight excluding hydrogens is 314 g/mol. The summed E-state index contributed by atoms with van der Waals surface area (Å²) in [7, 11) is 0. The van der Waals surface area contributed by atoms with E-state index in [1.165, 1.54) is 5.56 Å². The van der Waals surface area contributed by atoms with Gasteiger partial charge in [-0.15, -0.1) is 0 Å². The predicted octanol–water partition coefficient (Wildman–Crippen LogP) is 3.31. The van der Waals surface area contributed by atoms with Gasteiger partial charge < -0.3 is 14.6 Å². The molecule has 0 unspecified atom stereocenters. The van der Waals surface area contributed by atoms with Gasteiger partial charge in [-0.1, -0.05) is 30.3 Å². The van der Waals surface area contributed by atoms with Gasteiger partial charge in [-0.3, -0.25) is 4.90 Å². The molecule has 2 fully saturated rings. The molecule has 2 aliphatic heterocycles. The second kappa shape index (κ2) is 7.16. The Morgan fingerprint density at radius 1 is 1.12 bits per heavy atom. The molecule has 2 aromatic carbocycles. The summed E-state index contributed by atoms with van der Waals surface area (Å²) in [5, 5.41) is 9.92. The Hall–Kier alpha value is -1.88. The molecule has 2 heterocycles. The lowest BCUT2D eigenvalue weighted by atomic mass is 9.76. The molecule has 0 amide bonds. The quantitative estimate of drug-likeness (QED) is 0.907. The van der Waals surface area contributed by atoms with E-state index in [1.54, 1.807) is 0 Å². The molecule has 0 bridgehead atoms. The van der Waals surface area contributed by atoms with Crippen LogP contribution >= 0.6 is 0 Å². The van der Waals surface area contributed by atoms with E-state index in [4.69, 9.17) is 9.47 Å². The normalized spacial score (nSPS) is 26.4. The lowest BCUT2D eigenvalue weighted by molar-refractivity contribution is -0.0561. The second-order valence-electron chi connectivity index (χ2n) is 7.29. The molecule has 2 saturated heterocycles. The van der Waals surface area contributed by atoms with Crippen molar-refractivity contribution in [1.82, 2.24) is 4.90 Å². The van der Waals surface area contributed by atoms with Gasteiger partial charge in [-0.05, 0) is 42.2 Å². The molecule has 0 spiro atoms. The van der Waals surface area contributed by atoms with Gasteiger partial charge >= 0.3 is 0 Å². The fourth-order valence-corrected chi connectivity index (χ4v) is 4.14. The topological polar surface area (TPSA) is 41.9 Å². The van der Waals surface area contributed by atoms with Crippen LogP contribution in [0.4, 0.5) is 0 Å². The average molecular weight is 339 g/mol. The van der Waals surface area contributed by atoms with Crippen molar-refractivity contribution in [3.8, 4) is 11.5 Å². The number of hydrogen-bond acceptors (Lipinski definition) is 4. The van der Waals surface area contributed by atoms with Crippen LogP contribution in [-0.4, -0.2) is 42.9 Å². The highest BCUT2D eigenvalue weighted by atomic mass is 16.5. The van der Waals surface area contributed by atoms with Gasteiger partial charge in [0.1, 0.15) is 11.5 Å². The number of ether oxygens (including phenoxy) is 2. The minimum atomic E-state index is -0.0730. The van der Waals surface area contributed by atoms with Crippen LogP contribution in [-0.2, 0) is 11.3 Å². The number of aliphatic hydroxyl groups is 1. The summed E-state index contributed by atoms with van der Waals surface area (Å²) in [6.07, 6.45) is 1.05. The fraction of sp³-hybridized carbons (Fsp3) is 0.429. The molecule has 2 aliphatic rings. The molecule has 1 N–H and O–H groups in total. The van der Waals surface area contributed by atoms with E-state index < -0.39 is 0 Å². The van der Waals surface area contributed by atoms with Crippen LogP contribution in [0.3, 0.4) is 0 Å². The van der Waals surface area contributed by atoms with Gasteiger partial charge in [-0.25, -0.2) is 0 Å². The molecule has 132 valence electrons. The van der Waals surface area contributed by atoms with Gasteiger partial charge in [0.05, 0.1) is 13.2 Å². The first-order chi connectivity index (χ1) is 12.3. The Bertz CT molecular complexity index is 705. The van der Waals surface area contributed by atoms with Crippen LogP contribution in [0.2, 0.25) is 0 Å². The standard InChI is InChI=1S/C21H25NO3/c23-15-21-14-22(13-18(21)9-10-24-16-21)12-17-5-4-8-20(11-17)25-19-6-2-1-3-7-19/h1-8,11,18,23H,9-10,12-16H2/t18-,21+/m0/s1. The summed E-state index contributed by atoms with van der Waals surface area (Å²) >= 11 is 0. The van der Waals surface area contributed by atoms with E-state index in [2.05, 4.69) is 17.0 Å². The number of fused-ring (bicyclic) bond motifs is 1. The van der Waals surface area contributed by atoms with E-state index in [1.807, 2.05) is 42.5 Å². The number of likely N-dealkylation sites (tertiary alicyclic amines) is 1. The third-order valence-electron chi connectivity index (χ3n) is 5.48. The molecule has 0 saturated carbocycles. The van der Waals surface area contributed by atoms with Crippen LogP contribution in [0.5, 0.6) is 11.5 Å². The maximum Gasteiger partial charge on any atom is 0.127 e. The van der Waals surface area contributed by atoms with Crippen molar-refractivity contribution >= 4 is 0 Å². The smallest absolute Gasteiger partial charge is 0.127 e. The molecular formula is C21H25NO3. The highest BCUT2D eigenvalue weighted by Crippen LogP contribution is 2.41. The number of benzene rings is 2. The van der Waals surface area contributed by atoms with Gasteiger partial charge in [-0.2, -0.15) is 0 Å². The zero-order valence-electron chi connectivity index (χ0n) is 14.4. The fourth-order valence-electron chi connectivity index (χ4n) is 4.14. The number of rotatable bonds is 5. The van der Waals surface area contributed by atoms with Gasteiger partial charge in [0, 0.05) is 31.7 Å². The van der Waals surface area contributed by atoms with Crippen molar-refractivity contribution < 1.29 is 14.6 Å². The third-order valence-corrected chi connectivity index (χ3v) is 5.48. The van der Waals surface area contributed by atoms with Crippen LogP contribution < -0.4 is 4.74 Å². The Balaban J connectivity index is 1.44. The number of aliphatic hydroxyl groups excluding tert-OH is 1. The first-order valence-corrected chi connectivity index (χ1v) is 9.00. The maximum absolute atomic E-state index is 9.92. The Kier molecular flexibility index (Phi) is 4.75. The minimum absolute atomic E-state index is 0.0730. The largest absolute Gasteiger partial charge is 0.457 e. The predicted molar refractivity (Wildman–Crippen MR) is 96.7 cm³/mol. The van der Waals surface area contributed by atoms with E-state index in [0.717, 1.165) is 44.2 Å². The van der Waals surface area contributed by atoms with Crippen molar-refractivity contribution in [2.24, 2.45) is 11.3 Å². The molecule has 0 aliphatic carbocycles. The van der Waals surface area contributed by atoms with Gasteiger partial charge in [0.2, 0.25) is 0 Å². The molecule has 4 heteroatoms. The molecule has 0 radical (unpaired) electrons. The monoisotopic (exact) mass is 339 g/mol. The van der Waals surface area contributed by atoms with Crippen molar-refractivity contribution in [2.45, 2.75) is 13.0 Å². The van der Waals surface area contributed by atoms with E-state index in [9.17, 15) is 5.11 Å². The third kappa shape index (κ3) is 3.56. The van der Waals surface area contributed by atoms with E-state index in [-0.39, 0.29) is 12.0 Å². The summed E-state index contributed by atoms with van der Waals surface area (Å²) in [5.74, 6) is 2.25. The minimum Gasteiger partial charge on any atom is -0.457 e. The summed E-state index contributed by atoms with van der Waals surface area (Å²) in [6, 6.07) is 18.1. The Labute approximate surface area is 149 Å². The first kappa shape index (κ1) is 16.6. The zero-order chi connectivity index (χ0) is 17.1. The van der Waals surface area contributed by atoms with Crippen molar-refractivity contribution in [3.05, 3.63) is 60.2 Å². The van der Waals surface area contributed by atoms with Crippen molar-refractivity contribution in [1.29, 1.82) is 0 Å². The SMILES string of the molecule is OC[C@]12COCC[C@H]1CN(Cc1cccc(Oc3ccccc3)c1)C2. The van der Waals surface area contributed by atoms with E-state index in [0.29, 0.717) is 12.5 Å². The van der Waals surface area contributed by atoms with E-state index >= 15 is 0 Å². The molecule has 0 aromatic heterocycles. The summed E-state index contributed by atoms with van der Waals surface area (Å²) in [4.78, 5) is 2.44. The number of para-hydroxylation sites is 1. The Morgan fingerprint density at radius 2 is 1.96 bits per heavy atom. The Morgan fingerprint density at radius 3 is 2.76 bits per heavy atom. The molecule has 2 aromatic rings. The van der Waals surface area contributed by atoms with Crippen LogP contribution in [0.25, 0.3) is 0 Å². The lowest BCUT2D eigenvalue weighted by Crippen LogP contribution is -2.42. The van der Waals surface area contributed by atoms with Gasteiger partial charge in [0.15, 0.2) is 0 Å². The number of nitrogens with zero attached hydrogens (tertiary/aromatic N) is 1. The highest BCUT2D eigenvalue weighted by Gasteiger charge is 2.47. The maximum atomic E-state index is 9.92. The number of hydrogen-bond donors (Lipinski definition) is 1. The lowest BCUT2D eigenvalue weighted by Gasteiger charge is -2.36. The average Bonchev–Trinajstić information content (AvgIpc) is 3.01. The zero-order valence-corrected chi connectivity index (χ0v) is 14.4. The highest BCUT2D eigenvalue weighted by molar-refractivity contribution is 5.33. The molecule has 25 heavy (non-hydrogen) atoms. The van der Waals surface area contributed by atoms with Crippen molar-refractivity contribution in [2.75, 3.05) is 32.9 Å². The first-order valence-electron chi connectivity index (χ1n) is 9.00. The van der Waals surface area contributed by atoms with Crippen LogP contribution in [0.1, 0.15) is 12.0 Å². The van der Waals surface area contributed by atoms with Gasteiger partial charge in [0.25, 0.3) is 0 Å². The molecule has 4 nitrogen and oxygen atoms in total.